The Hall–Kier alpha value is -2.04. The zero-order chi connectivity index (χ0) is 14.3. The fourth-order valence-electron chi connectivity index (χ4n) is 1.37. The quantitative estimate of drug-likeness (QED) is 0.702. The summed E-state index contributed by atoms with van der Waals surface area (Å²) in [6.07, 6.45) is 0. The number of benzene rings is 1. The summed E-state index contributed by atoms with van der Waals surface area (Å²) >= 11 is 0. The van der Waals surface area contributed by atoms with Gasteiger partial charge in [0.1, 0.15) is 18.2 Å². The molecule has 7 heteroatoms. The van der Waals surface area contributed by atoms with Crippen LogP contribution in [-0.4, -0.2) is 25.7 Å². The van der Waals surface area contributed by atoms with Gasteiger partial charge in [0, 0.05) is 18.7 Å². The second-order valence-electron chi connectivity index (χ2n) is 3.73. The third-order valence-electron chi connectivity index (χ3n) is 2.24. The number of ether oxygens (including phenoxy) is 1. The number of carbonyl (C=O) groups is 1. The highest BCUT2D eigenvalue weighted by molar-refractivity contribution is 5.74. The van der Waals surface area contributed by atoms with E-state index in [1.165, 1.54) is 0 Å². The van der Waals surface area contributed by atoms with Gasteiger partial charge in [-0.3, -0.25) is 4.79 Å². The lowest BCUT2D eigenvalue weighted by Gasteiger charge is -2.07. The minimum Gasteiger partial charge on any atom is -0.370 e. The van der Waals surface area contributed by atoms with Gasteiger partial charge in [-0.15, -0.1) is 0 Å². The van der Waals surface area contributed by atoms with E-state index in [1.54, 1.807) is 6.07 Å². The van der Waals surface area contributed by atoms with E-state index in [2.05, 4.69) is 5.32 Å². The highest BCUT2D eigenvalue weighted by Crippen LogP contribution is 2.14. The van der Waals surface area contributed by atoms with Crippen molar-refractivity contribution < 1.29 is 18.3 Å². The number of halogens is 2. The minimum absolute atomic E-state index is 0.0384. The Labute approximate surface area is 109 Å². The molecule has 0 aromatic heterocycles. The third kappa shape index (κ3) is 4.99. The van der Waals surface area contributed by atoms with Crippen molar-refractivity contribution in [1.29, 1.82) is 5.26 Å². The number of rotatable bonds is 7. The van der Waals surface area contributed by atoms with Crippen LogP contribution in [0.2, 0.25) is 0 Å². The predicted molar refractivity (Wildman–Crippen MR) is 62.8 cm³/mol. The predicted octanol–water partition coefficient (Wildman–Crippen LogP) is 0.428. The molecule has 3 N–H and O–H groups in total. The smallest absolute Gasteiger partial charge is 0.243 e. The molecule has 0 fully saturated rings. The van der Waals surface area contributed by atoms with Gasteiger partial charge in [-0.05, 0) is 12.1 Å². The summed E-state index contributed by atoms with van der Waals surface area (Å²) in [6.45, 7) is 0.277. The first-order valence-corrected chi connectivity index (χ1v) is 5.49. The van der Waals surface area contributed by atoms with Crippen molar-refractivity contribution in [2.24, 2.45) is 5.73 Å². The molecule has 1 aromatic carbocycles. The van der Waals surface area contributed by atoms with Gasteiger partial charge in [-0.2, -0.15) is 5.26 Å². The fraction of sp³-hybridized carbons (Fsp3) is 0.333. The van der Waals surface area contributed by atoms with E-state index in [9.17, 15) is 13.6 Å². The molecule has 0 spiro atoms. The summed E-state index contributed by atoms with van der Waals surface area (Å²) in [7, 11) is 0. The molecule has 0 saturated carbocycles. The normalized spacial score (nSPS) is 10.2. The topological polar surface area (TPSA) is 88.1 Å². The summed E-state index contributed by atoms with van der Waals surface area (Å²) in [5.41, 5.74) is 4.64. The molecule has 0 saturated heterocycles. The second-order valence-corrected chi connectivity index (χ2v) is 3.73. The Morgan fingerprint density at radius 1 is 1.42 bits per heavy atom. The molecule has 0 aliphatic heterocycles. The van der Waals surface area contributed by atoms with Gasteiger partial charge in [0.05, 0.1) is 18.2 Å². The molecule has 0 aliphatic rings. The number of nitriles is 1. The number of nitrogens with one attached hydrogen (secondary N) is 1. The maximum absolute atomic E-state index is 13.5. The molecule has 1 rings (SSSR count). The Balaban J connectivity index is 2.42. The van der Waals surface area contributed by atoms with Crippen molar-refractivity contribution in [3.05, 3.63) is 34.9 Å². The average molecular weight is 269 g/mol. The van der Waals surface area contributed by atoms with Crippen LogP contribution in [0.4, 0.5) is 8.78 Å². The molecule has 102 valence electrons. The zero-order valence-electron chi connectivity index (χ0n) is 10.1. The van der Waals surface area contributed by atoms with Crippen molar-refractivity contribution in [1.82, 2.24) is 5.32 Å². The van der Waals surface area contributed by atoms with Crippen LogP contribution in [-0.2, 0) is 16.1 Å². The highest BCUT2D eigenvalue weighted by Gasteiger charge is 2.10. The van der Waals surface area contributed by atoms with Gasteiger partial charge in [0.2, 0.25) is 5.91 Å². The largest absolute Gasteiger partial charge is 0.370 e. The summed E-state index contributed by atoms with van der Waals surface area (Å²) in [4.78, 5) is 10.4. The number of nitrogens with zero attached hydrogens (tertiary/aromatic N) is 1. The Morgan fingerprint density at radius 3 is 2.58 bits per heavy atom. The fourth-order valence-corrected chi connectivity index (χ4v) is 1.37. The summed E-state index contributed by atoms with van der Waals surface area (Å²) < 4.78 is 31.8. The minimum atomic E-state index is -0.776. The van der Waals surface area contributed by atoms with Gasteiger partial charge < -0.3 is 15.8 Å². The Kier molecular flexibility index (Phi) is 5.85. The van der Waals surface area contributed by atoms with E-state index in [0.717, 1.165) is 12.1 Å². The van der Waals surface area contributed by atoms with E-state index >= 15 is 0 Å². The van der Waals surface area contributed by atoms with Gasteiger partial charge in [-0.25, -0.2) is 8.78 Å². The molecule has 1 amide bonds. The van der Waals surface area contributed by atoms with Crippen LogP contribution in [0.25, 0.3) is 0 Å². The van der Waals surface area contributed by atoms with Crippen molar-refractivity contribution in [3.63, 3.8) is 0 Å². The number of hydrogen-bond donors (Lipinski definition) is 2. The SMILES string of the molecule is N#Cc1cc(F)c(CNCCOCC(N)=O)c(F)c1. The number of hydrogen-bond acceptors (Lipinski definition) is 4. The lowest BCUT2D eigenvalue weighted by atomic mass is 10.1. The van der Waals surface area contributed by atoms with Crippen LogP contribution in [0.1, 0.15) is 11.1 Å². The van der Waals surface area contributed by atoms with Gasteiger partial charge >= 0.3 is 0 Å². The Bertz CT molecular complexity index is 477. The van der Waals surface area contributed by atoms with Crippen molar-refractivity contribution in [2.75, 3.05) is 19.8 Å². The van der Waals surface area contributed by atoms with Gasteiger partial charge in [0.25, 0.3) is 0 Å². The number of amides is 1. The molecule has 0 aliphatic carbocycles. The van der Waals surface area contributed by atoms with E-state index in [1.807, 2.05) is 0 Å². The standard InChI is InChI=1S/C12H13F2N3O2/c13-10-3-8(5-15)4-11(14)9(10)6-17-1-2-19-7-12(16)18/h3-4,17H,1-2,6-7H2,(H2,16,18). The van der Waals surface area contributed by atoms with Gasteiger partial charge in [-0.1, -0.05) is 0 Å². The molecule has 1 aromatic rings. The summed E-state index contributed by atoms with van der Waals surface area (Å²) in [5.74, 6) is -2.13. The molecule has 0 radical (unpaired) electrons. The van der Waals surface area contributed by atoms with Crippen LogP contribution in [0.5, 0.6) is 0 Å². The average Bonchev–Trinajstić information content (AvgIpc) is 2.35. The molecule has 0 heterocycles. The Morgan fingerprint density at radius 2 is 2.05 bits per heavy atom. The van der Waals surface area contributed by atoms with Crippen LogP contribution >= 0.6 is 0 Å². The van der Waals surface area contributed by atoms with E-state index < -0.39 is 17.5 Å². The number of carbonyl (C=O) groups excluding carboxylic acids is 1. The van der Waals surface area contributed by atoms with Crippen molar-refractivity contribution in [3.8, 4) is 6.07 Å². The number of primary amides is 1. The zero-order valence-corrected chi connectivity index (χ0v) is 10.1. The van der Waals surface area contributed by atoms with Crippen molar-refractivity contribution >= 4 is 5.91 Å². The lowest BCUT2D eigenvalue weighted by molar-refractivity contribution is -0.122. The first-order valence-electron chi connectivity index (χ1n) is 5.49. The monoisotopic (exact) mass is 269 g/mol. The van der Waals surface area contributed by atoms with Crippen molar-refractivity contribution in [2.45, 2.75) is 6.54 Å². The van der Waals surface area contributed by atoms with Crippen LogP contribution in [0.3, 0.4) is 0 Å². The van der Waals surface area contributed by atoms with Crippen LogP contribution in [0.15, 0.2) is 12.1 Å². The molecule has 0 atom stereocenters. The maximum atomic E-state index is 13.5. The van der Waals surface area contributed by atoms with E-state index in [-0.39, 0.29) is 30.9 Å². The van der Waals surface area contributed by atoms with Gasteiger partial charge in [0.15, 0.2) is 0 Å². The molecule has 0 unspecified atom stereocenters. The maximum Gasteiger partial charge on any atom is 0.243 e. The first kappa shape index (κ1) is 15.0. The van der Waals surface area contributed by atoms with Crippen LogP contribution < -0.4 is 11.1 Å². The molecule has 5 nitrogen and oxygen atoms in total. The van der Waals surface area contributed by atoms with E-state index in [0.29, 0.717) is 6.54 Å². The third-order valence-corrected chi connectivity index (χ3v) is 2.24. The summed E-state index contributed by atoms with van der Waals surface area (Å²) in [6, 6.07) is 3.62. The lowest BCUT2D eigenvalue weighted by Crippen LogP contribution is -2.24. The second kappa shape index (κ2) is 7.41. The molecule has 0 bridgehead atoms. The summed E-state index contributed by atoms with van der Waals surface area (Å²) in [5, 5.41) is 11.3. The molecular formula is C12H13F2N3O2. The molecule has 19 heavy (non-hydrogen) atoms. The van der Waals surface area contributed by atoms with Crippen LogP contribution in [0, 0.1) is 23.0 Å². The number of nitrogens with two attached hydrogens (primary N) is 1. The van der Waals surface area contributed by atoms with E-state index in [4.69, 9.17) is 15.7 Å². The molecular weight excluding hydrogens is 256 g/mol. The first-order chi connectivity index (χ1) is 9.04. The highest BCUT2D eigenvalue weighted by atomic mass is 19.1.